The van der Waals surface area contributed by atoms with Gasteiger partial charge in [0.15, 0.2) is 0 Å². The number of hydrogen-bond donors (Lipinski definition) is 0. The zero-order valence-electron chi connectivity index (χ0n) is 16.8. The number of imidazole rings is 1. The molecule has 1 atom stereocenters. The predicted molar refractivity (Wildman–Crippen MR) is 104 cm³/mol. The maximum atomic E-state index is 12.0. The molecule has 7 nitrogen and oxygen atoms in total. The monoisotopic (exact) mass is 378 g/mol. The second-order valence-corrected chi connectivity index (χ2v) is 7.55. The quantitative estimate of drug-likeness (QED) is 0.762. The normalized spacial score (nSPS) is 22.6. The molecule has 0 spiro atoms. The topological polar surface area (TPSA) is 59.8 Å². The zero-order chi connectivity index (χ0) is 19.1. The number of ether oxygens (including phenoxy) is 2. The Morgan fingerprint density at radius 1 is 1.19 bits per heavy atom. The van der Waals surface area contributed by atoms with Gasteiger partial charge in [0.1, 0.15) is 5.82 Å². The van der Waals surface area contributed by atoms with E-state index in [9.17, 15) is 4.79 Å². The number of hydrogen-bond acceptors (Lipinski definition) is 5. The van der Waals surface area contributed by atoms with Gasteiger partial charge in [-0.05, 0) is 52.1 Å². The lowest BCUT2D eigenvalue weighted by molar-refractivity contribution is 0.105. The SMILES string of the molecule is CCOC(=O)N1CCCC(N2CCC(c3nccn3CCOC)CC2)CC1. The van der Waals surface area contributed by atoms with E-state index in [0.717, 1.165) is 65.0 Å². The van der Waals surface area contributed by atoms with Gasteiger partial charge in [0, 0.05) is 51.1 Å². The summed E-state index contributed by atoms with van der Waals surface area (Å²) in [5, 5.41) is 0. The van der Waals surface area contributed by atoms with Gasteiger partial charge in [0.25, 0.3) is 0 Å². The third kappa shape index (κ3) is 5.23. The minimum absolute atomic E-state index is 0.153. The first-order valence-corrected chi connectivity index (χ1v) is 10.4. The molecule has 0 aliphatic carbocycles. The third-order valence-corrected chi connectivity index (χ3v) is 5.92. The Kier molecular flexibility index (Phi) is 7.52. The highest BCUT2D eigenvalue weighted by molar-refractivity contribution is 5.67. The van der Waals surface area contributed by atoms with Crippen molar-refractivity contribution < 1.29 is 14.3 Å². The number of likely N-dealkylation sites (tertiary alicyclic amines) is 2. The second-order valence-electron chi connectivity index (χ2n) is 7.55. The Morgan fingerprint density at radius 3 is 2.74 bits per heavy atom. The Labute approximate surface area is 162 Å². The number of piperidine rings is 1. The first-order chi connectivity index (χ1) is 13.2. The Bertz CT molecular complexity index is 584. The molecule has 152 valence electrons. The fourth-order valence-electron chi connectivity index (χ4n) is 4.42. The average Bonchev–Trinajstić information content (AvgIpc) is 3.01. The third-order valence-electron chi connectivity index (χ3n) is 5.92. The smallest absolute Gasteiger partial charge is 0.409 e. The van der Waals surface area contributed by atoms with Crippen LogP contribution in [0.25, 0.3) is 0 Å². The van der Waals surface area contributed by atoms with Crippen LogP contribution >= 0.6 is 0 Å². The highest BCUT2D eigenvalue weighted by Gasteiger charge is 2.30. The average molecular weight is 379 g/mol. The molecule has 2 aliphatic rings. The molecule has 0 N–H and O–H groups in total. The molecular formula is C20H34N4O3. The maximum absolute atomic E-state index is 12.0. The molecule has 27 heavy (non-hydrogen) atoms. The van der Waals surface area contributed by atoms with Crippen LogP contribution in [-0.4, -0.2) is 78.0 Å². The molecule has 1 aromatic heterocycles. The minimum Gasteiger partial charge on any atom is -0.450 e. The molecule has 0 radical (unpaired) electrons. The van der Waals surface area contributed by atoms with Crippen molar-refractivity contribution >= 4 is 6.09 Å². The van der Waals surface area contributed by atoms with Crippen LogP contribution in [0.15, 0.2) is 12.4 Å². The summed E-state index contributed by atoms with van der Waals surface area (Å²) in [5.41, 5.74) is 0. The summed E-state index contributed by atoms with van der Waals surface area (Å²) in [6.07, 6.45) is 9.41. The summed E-state index contributed by atoms with van der Waals surface area (Å²) in [6, 6.07) is 0.582. The van der Waals surface area contributed by atoms with Crippen molar-refractivity contribution in [2.75, 3.05) is 46.5 Å². The number of amides is 1. The second kappa shape index (κ2) is 10.1. The fourth-order valence-corrected chi connectivity index (χ4v) is 4.42. The summed E-state index contributed by atoms with van der Waals surface area (Å²) in [5.74, 6) is 1.75. The molecule has 2 aliphatic heterocycles. The minimum atomic E-state index is -0.153. The van der Waals surface area contributed by atoms with Gasteiger partial charge in [-0.3, -0.25) is 0 Å². The molecule has 0 aromatic carbocycles. The molecule has 3 rings (SSSR count). The number of carbonyl (C=O) groups is 1. The van der Waals surface area contributed by atoms with Crippen LogP contribution in [0.3, 0.4) is 0 Å². The summed E-state index contributed by atoms with van der Waals surface area (Å²) in [7, 11) is 1.74. The lowest BCUT2D eigenvalue weighted by atomic mass is 9.93. The van der Waals surface area contributed by atoms with Gasteiger partial charge in [-0.2, -0.15) is 0 Å². The van der Waals surface area contributed by atoms with E-state index < -0.39 is 0 Å². The fraction of sp³-hybridized carbons (Fsp3) is 0.800. The number of methoxy groups -OCH3 is 1. The van der Waals surface area contributed by atoms with Gasteiger partial charge < -0.3 is 23.8 Å². The highest BCUT2D eigenvalue weighted by Crippen LogP contribution is 2.30. The molecule has 3 heterocycles. The largest absolute Gasteiger partial charge is 0.450 e. The summed E-state index contributed by atoms with van der Waals surface area (Å²) in [4.78, 5) is 21.1. The van der Waals surface area contributed by atoms with E-state index in [4.69, 9.17) is 9.47 Å². The van der Waals surface area contributed by atoms with Crippen molar-refractivity contribution in [3.63, 3.8) is 0 Å². The van der Waals surface area contributed by atoms with Crippen LogP contribution < -0.4 is 0 Å². The van der Waals surface area contributed by atoms with Crippen LogP contribution in [0.2, 0.25) is 0 Å². The standard InChI is InChI=1S/C20H34N4O3/c1-3-27-20(25)24-10-4-5-18(8-13-24)22-11-6-17(7-12-22)19-21-9-14-23(19)15-16-26-2/h9,14,17-18H,3-8,10-13,15-16H2,1-2H3. The number of rotatable bonds is 6. The molecule has 1 unspecified atom stereocenters. The molecule has 1 amide bonds. The van der Waals surface area contributed by atoms with Crippen molar-refractivity contribution in [3.05, 3.63) is 18.2 Å². The van der Waals surface area contributed by atoms with Gasteiger partial charge in [-0.25, -0.2) is 9.78 Å². The van der Waals surface area contributed by atoms with Gasteiger partial charge in [-0.15, -0.1) is 0 Å². The summed E-state index contributed by atoms with van der Waals surface area (Å²) in [6.45, 7) is 7.78. The van der Waals surface area contributed by atoms with E-state index in [1.54, 1.807) is 7.11 Å². The number of carbonyl (C=O) groups excluding carboxylic acids is 1. The zero-order valence-corrected chi connectivity index (χ0v) is 16.8. The van der Waals surface area contributed by atoms with Gasteiger partial charge >= 0.3 is 6.09 Å². The Balaban J connectivity index is 1.49. The van der Waals surface area contributed by atoms with Crippen LogP contribution in [0, 0.1) is 0 Å². The molecule has 2 saturated heterocycles. The van der Waals surface area contributed by atoms with Crippen molar-refractivity contribution in [2.24, 2.45) is 0 Å². The van der Waals surface area contributed by atoms with E-state index in [2.05, 4.69) is 20.6 Å². The Hall–Kier alpha value is -1.60. The number of aromatic nitrogens is 2. The maximum Gasteiger partial charge on any atom is 0.409 e. The van der Waals surface area contributed by atoms with E-state index in [1.807, 2.05) is 18.0 Å². The molecule has 7 heteroatoms. The predicted octanol–water partition coefficient (Wildman–Crippen LogP) is 2.72. The van der Waals surface area contributed by atoms with E-state index in [0.29, 0.717) is 18.6 Å². The molecule has 1 aromatic rings. The van der Waals surface area contributed by atoms with Crippen LogP contribution in [0.4, 0.5) is 4.79 Å². The number of nitrogens with zero attached hydrogens (tertiary/aromatic N) is 4. The lowest BCUT2D eigenvalue weighted by Crippen LogP contribution is -2.42. The first-order valence-electron chi connectivity index (χ1n) is 10.4. The molecule has 0 saturated carbocycles. The van der Waals surface area contributed by atoms with E-state index in [-0.39, 0.29) is 6.09 Å². The molecular weight excluding hydrogens is 344 g/mol. The summed E-state index contributed by atoms with van der Waals surface area (Å²) >= 11 is 0. The molecule has 2 fully saturated rings. The van der Waals surface area contributed by atoms with Crippen LogP contribution in [0.5, 0.6) is 0 Å². The summed E-state index contributed by atoms with van der Waals surface area (Å²) < 4.78 is 12.6. The van der Waals surface area contributed by atoms with E-state index in [1.165, 1.54) is 12.2 Å². The van der Waals surface area contributed by atoms with Crippen molar-refractivity contribution in [3.8, 4) is 0 Å². The highest BCUT2D eigenvalue weighted by atomic mass is 16.6. The first kappa shape index (κ1) is 20.1. The van der Waals surface area contributed by atoms with Crippen molar-refractivity contribution in [1.29, 1.82) is 0 Å². The van der Waals surface area contributed by atoms with Gasteiger partial charge in [0.2, 0.25) is 0 Å². The van der Waals surface area contributed by atoms with Crippen molar-refractivity contribution in [1.82, 2.24) is 19.4 Å². The van der Waals surface area contributed by atoms with Crippen molar-refractivity contribution in [2.45, 2.75) is 57.5 Å². The van der Waals surface area contributed by atoms with Gasteiger partial charge in [-0.1, -0.05) is 0 Å². The van der Waals surface area contributed by atoms with E-state index >= 15 is 0 Å². The molecule has 0 bridgehead atoms. The van der Waals surface area contributed by atoms with Crippen LogP contribution in [-0.2, 0) is 16.0 Å². The van der Waals surface area contributed by atoms with Gasteiger partial charge in [0.05, 0.1) is 13.2 Å². The lowest BCUT2D eigenvalue weighted by Gasteiger charge is -2.37. The Morgan fingerprint density at radius 2 is 2.00 bits per heavy atom. The van der Waals surface area contributed by atoms with Crippen LogP contribution in [0.1, 0.15) is 50.8 Å².